The molecule has 7 atom stereocenters. The summed E-state index contributed by atoms with van der Waals surface area (Å²) in [5.74, 6) is 2.35. The van der Waals surface area contributed by atoms with Crippen molar-refractivity contribution in [3.63, 3.8) is 0 Å². The summed E-state index contributed by atoms with van der Waals surface area (Å²) in [7, 11) is -3.90. The first-order chi connectivity index (χ1) is 20.2. The molecule has 0 aromatic carbocycles. The summed E-state index contributed by atoms with van der Waals surface area (Å²) in [6, 6.07) is 0. The van der Waals surface area contributed by atoms with Gasteiger partial charge in [0.15, 0.2) is 16.6 Å². The van der Waals surface area contributed by atoms with Gasteiger partial charge < -0.3 is 14.0 Å². The predicted molar refractivity (Wildman–Crippen MR) is 194 cm³/mol. The van der Waals surface area contributed by atoms with E-state index in [1.807, 2.05) is 0 Å². The second kappa shape index (κ2) is 13.1. The molecule has 3 nitrogen and oxygen atoms in total. The van der Waals surface area contributed by atoms with Crippen LogP contribution in [0, 0.1) is 29.1 Å². The largest absolute Gasteiger partial charge is 0.413 e. The van der Waals surface area contributed by atoms with E-state index in [0.29, 0.717) is 29.1 Å². The molecule has 4 fully saturated rings. The molecule has 4 aliphatic rings. The third-order valence-electron chi connectivity index (χ3n) is 13.1. The Morgan fingerprint density at radius 2 is 1.52 bits per heavy atom. The van der Waals surface area contributed by atoms with E-state index in [-0.39, 0.29) is 28.4 Å². The maximum Gasteiger partial charge on any atom is 0.192 e. The molecule has 0 radical (unpaired) electrons. The molecule has 0 aliphatic heterocycles. The quantitative estimate of drug-likeness (QED) is 0.201. The lowest BCUT2D eigenvalue weighted by Gasteiger charge is -2.45. The third kappa shape index (κ3) is 7.86. The summed E-state index contributed by atoms with van der Waals surface area (Å²) in [6.07, 6.45) is 19.9. The zero-order valence-corrected chi connectivity index (χ0v) is 32.7. The summed E-state index contributed by atoms with van der Waals surface area (Å²) < 4.78 is 14.2. The summed E-state index contributed by atoms with van der Waals surface area (Å²) in [5, 5.41) is 10.8. The zero-order valence-electron chi connectivity index (χ0n) is 30.7. The Kier molecular flexibility index (Phi) is 10.7. The molecular weight excluding hydrogens is 573 g/mol. The van der Waals surface area contributed by atoms with Gasteiger partial charge in [-0.25, -0.2) is 0 Å². The van der Waals surface area contributed by atoms with Crippen LogP contribution in [0.15, 0.2) is 47.6 Å². The molecule has 5 heteroatoms. The average Bonchev–Trinajstić information content (AvgIpc) is 3.68. The van der Waals surface area contributed by atoms with Crippen molar-refractivity contribution in [1.82, 2.24) is 0 Å². The van der Waals surface area contributed by atoms with Crippen LogP contribution in [0.3, 0.4) is 0 Å². The summed E-state index contributed by atoms with van der Waals surface area (Å²) in [5.41, 5.74) is 4.49. The van der Waals surface area contributed by atoms with Gasteiger partial charge in [0.2, 0.25) is 0 Å². The van der Waals surface area contributed by atoms with Crippen molar-refractivity contribution in [2.24, 2.45) is 29.1 Å². The molecule has 4 rings (SSSR count). The second-order valence-corrected chi connectivity index (χ2v) is 27.9. The summed E-state index contributed by atoms with van der Waals surface area (Å²) in [4.78, 5) is 0. The molecule has 0 bridgehead atoms. The minimum Gasteiger partial charge on any atom is -0.413 e. The van der Waals surface area contributed by atoms with E-state index in [2.05, 4.69) is 112 Å². The number of allylic oxidation sites excluding steroid dienone is 4. The number of fused-ring (bicyclic) bond motifs is 1. The molecule has 0 saturated heterocycles. The molecule has 1 N–H and O–H groups in total. The van der Waals surface area contributed by atoms with Crippen LogP contribution in [0.5, 0.6) is 0 Å². The Labute approximate surface area is 274 Å². The Balaban J connectivity index is 1.57. The van der Waals surface area contributed by atoms with Gasteiger partial charge in [0.1, 0.15) is 0 Å². The highest BCUT2D eigenvalue weighted by molar-refractivity contribution is 6.74. The molecule has 0 aromatic rings. The first kappa shape index (κ1) is 36.1. The zero-order chi connectivity index (χ0) is 32.9. The molecule has 44 heavy (non-hydrogen) atoms. The summed E-state index contributed by atoms with van der Waals surface area (Å²) >= 11 is 0. The Morgan fingerprint density at radius 3 is 2.11 bits per heavy atom. The van der Waals surface area contributed by atoms with Gasteiger partial charge in [0.05, 0.1) is 18.3 Å². The van der Waals surface area contributed by atoms with E-state index < -0.39 is 16.6 Å². The van der Waals surface area contributed by atoms with Crippen LogP contribution in [0.2, 0.25) is 36.3 Å². The van der Waals surface area contributed by atoms with E-state index in [9.17, 15) is 5.11 Å². The number of hydrogen-bond donors (Lipinski definition) is 1. The lowest BCUT2D eigenvalue weighted by molar-refractivity contribution is 0.0969. The maximum absolute atomic E-state index is 10.5. The fraction of sp³-hybridized carbons (Fsp3) is 0.795. The molecule has 4 saturated carbocycles. The first-order valence-corrected chi connectivity index (χ1v) is 23.8. The van der Waals surface area contributed by atoms with E-state index in [0.717, 1.165) is 12.8 Å². The molecule has 1 unspecified atom stereocenters. The fourth-order valence-electron chi connectivity index (χ4n) is 7.93. The van der Waals surface area contributed by atoms with Crippen LogP contribution in [-0.4, -0.2) is 40.1 Å². The number of rotatable bonds is 9. The monoisotopic (exact) mass is 640 g/mol. The topological polar surface area (TPSA) is 38.7 Å². The highest BCUT2D eigenvalue weighted by atomic mass is 28.4. The maximum atomic E-state index is 10.5. The van der Waals surface area contributed by atoms with Crippen molar-refractivity contribution in [3.05, 3.63) is 47.6 Å². The standard InChI is InChI=1S/C39H68O3Si2/c1-27(16-23-35(40)30-18-19-30)33-21-22-34-29(15-14-24-39(33,34)9)17-20-31-25-32(41-43(10,11)37(3,4)5)26-36(28(31)2)42-44(12,13)38(6,7)8/h16-17,20,23,27,30,32-36,40H,2,14-15,18-19,21-22,24-26H2,1,3-13H3/b23-16+,29-17+,31-20+/t27-,32-,33-,34+,35?,36+,39-/m1/s1. The Hall–Kier alpha value is -0.726. The van der Waals surface area contributed by atoms with Gasteiger partial charge in [0, 0.05) is 6.42 Å². The lowest BCUT2D eigenvalue weighted by atomic mass is 9.61. The van der Waals surface area contributed by atoms with Gasteiger partial charge in [-0.2, -0.15) is 0 Å². The molecule has 0 heterocycles. The highest BCUT2D eigenvalue weighted by Gasteiger charge is 2.50. The van der Waals surface area contributed by atoms with Gasteiger partial charge in [-0.15, -0.1) is 0 Å². The van der Waals surface area contributed by atoms with Crippen LogP contribution in [0.25, 0.3) is 0 Å². The predicted octanol–water partition coefficient (Wildman–Crippen LogP) is 11.1. The number of aliphatic hydroxyl groups is 1. The van der Waals surface area contributed by atoms with Crippen LogP contribution in [0.4, 0.5) is 0 Å². The molecule has 0 amide bonds. The van der Waals surface area contributed by atoms with Crippen molar-refractivity contribution in [2.45, 2.75) is 168 Å². The first-order valence-electron chi connectivity index (χ1n) is 18.0. The highest BCUT2D eigenvalue weighted by Crippen LogP contribution is 2.59. The van der Waals surface area contributed by atoms with E-state index in [4.69, 9.17) is 8.85 Å². The number of hydrogen-bond acceptors (Lipinski definition) is 3. The van der Waals surface area contributed by atoms with Crippen LogP contribution >= 0.6 is 0 Å². The molecule has 0 spiro atoms. The van der Waals surface area contributed by atoms with Crippen molar-refractivity contribution in [3.8, 4) is 0 Å². The molecular formula is C39H68O3Si2. The molecule has 250 valence electrons. The van der Waals surface area contributed by atoms with E-state index >= 15 is 0 Å². The fourth-order valence-corrected chi connectivity index (χ4v) is 10.6. The van der Waals surface area contributed by atoms with Crippen molar-refractivity contribution in [2.75, 3.05) is 0 Å². The van der Waals surface area contributed by atoms with Gasteiger partial charge in [-0.3, -0.25) is 0 Å². The van der Waals surface area contributed by atoms with Crippen molar-refractivity contribution >= 4 is 16.6 Å². The van der Waals surface area contributed by atoms with Crippen molar-refractivity contribution in [1.29, 1.82) is 0 Å². The average molecular weight is 641 g/mol. The summed E-state index contributed by atoms with van der Waals surface area (Å²) in [6.45, 7) is 33.2. The lowest BCUT2D eigenvalue weighted by Crippen LogP contribution is -2.49. The van der Waals surface area contributed by atoms with Crippen molar-refractivity contribution < 1.29 is 14.0 Å². The smallest absolute Gasteiger partial charge is 0.192 e. The minimum atomic E-state index is -1.98. The SMILES string of the molecule is C=C1/C(=C/C=C2\CCC[C@]3(C)[C@@H]([C@H](C)/C=C/C(O)C4CC4)CC[C@@H]23)C[C@@H](O[Si](C)(C)C(C)(C)C)C[C@@H]1O[Si](C)(C)C(C)(C)C. The van der Waals surface area contributed by atoms with Crippen LogP contribution in [-0.2, 0) is 8.85 Å². The van der Waals surface area contributed by atoms with E-state index in [1.54, 1.807) is 5.57 Å². The third-order valence-corrected chi connectivity index (χ3v) is 22.1. The minimum absolute atomic E-state index is 0.0233. The van der Waals surface area contributed by atoms with Gasteiger partial charge in [0.25, 0.3) is 0 Å². The Morgan fingerprint density at radius 1 is 0.909 bits per heavy atom. The van der Waals surface area contributed by atoms with Gasteiger partial charge >= 0.3 is 0 Å². The van der Waals surface area contributed by atoms with E-state index in [1.165, 1.54) is 56.1 Å². The van der Waals surface area contributed by atoms with Gasteiger partial charge in [-0.1, -0.05) is 91.8 Å². The number of aliphatic hydroxyl groups excluding tert-OH is 1. The normalized spacial score (nSPS) is 34.2. The van der Waals surface area contributed by atoms with Crippen LogP contribution in [0.1, 0.15) is 113 Å². The van der Waals surface area contributed by atoms with Crippen LogP contribution < -0.4 is 0 Å². The second-order valence-electron chi connectivity index (χ2n) is 18.4. The van der Waals surface area contributed by atoms with Gasteiger partial charge in [-0.05, 0) is 128 Å². The molecule has 4 aliphatic carbocycles. The molecule has 0 aromatic heterocycles. The Bertz CT molecular complexity index is 1130.